The molecule has 7 nitrogen and oxygen atoms in total. The first-order valence-electron chi connectivity index (χ1n) is 7.63. The number of carbonyl (C=O) groups excluding carboxylic acids is 3. The van der Waals surface area contributed by atoms with Gasteiger partial charge in [0.25, 0.3) is 5.91 Å². The number of carbonyl (C=O) groups is 3. The van der Waals surface area contributed by atoms with Gasteiger partial charge in [0.05, 0.1) is 5.92 Å². The number of aromatic nitrogens is 1. The van der Waals surface area contributed by atoms with E-state index in [0.717, 1.165) is 19.3 Å². The maximum Gasteiger partial charge on any atom is 0.286 e. The van der Waals surface area contributed by atoms with Gasteiger partial charge in [-0.3, -0.25) is 25.2 Å². The summed E-state index contributed by atoms with van der Waals surface area (Å²) in [5.74, 6) is -0.837. The van der Waals surface area contributed by atoms with Gasteiger partial charge in [-0.1, -0.05) is 6.92 Å². The number of aromatic amines is 1. The summed E-state index contributed by atoms with van der Waals surface area (Å²) in [5.41, 5.74) is 5.19. The van der Waals surface area contributed by atoms with Gasteiger partial charge in [-0.2, -0.15) is 0 Å². The fraction of sp³-hybridized carbons (Fsp3) is 0.533. The number of nitrogens with one attached hydrogen (secondary N) is 3. The normalized spacial score (nSPS) is 17.9. The standard InChI is InChI=1S/C15H22N4O3/c1-2-5-13(20)19-9-4-6-11(10-19)14(21)17-18-15(22)12-7-3-8-16-12/h3,7-8,11,16H,2,4-6,9-10H2,1H3,(H,17,21)(H,18,22). The third kappa shape index (κ3) is 4.09. The lowest BCUT2D eigenvalue weighted by Crippen LogP contribution is -2.50. The minimum atomic E-state index is -0.395. The van der Waals surface area contributed by atoms with Crippen LogP contribution in [0.2, 0.25) is 0 Å². The number of piperidine rings is 1. The average molecular weight is 306 g/mol. The molecule has 1 atom stereocenters. The topological polar surface area (TPSA) is 94.3 Å². The third-order valence-corrected chi connectivity index (χ3v) is 3.75. The van der Waals surface area contributed by atoms with Gasteiger partial charge in [-0.15, -0.1) is 0 Å². The molecule has 2 rings (SSSR count). The second-order valence-corrected chi connectivity index (χ2v) is 5.46. The van der Waals surface area contributed by atoms with Crippen molar-refractivity contribution in [2.45, 2.75) is 32.6 Å². The van der Waals surface area contributed by atoms with Crippen molar-refractivity contribution in [1.29, 1.82) is 0 Å². The van der Waals surface area contributed by atoms with Crippen LogP contribution in [0, 0.1) is 5.92 Å². The number of hydrazine groups is 1. The van der Waals surface area contributed by atoms with Crippen LogP contribution in [0.4, 0.5) is 0 Å². The molecule has 0 radical (unpaired) electrons. The van der Waals surface area contributed by atoms with Gasteiger partial charge in [-0.25, -0.2) is 0 Å². The molecule has 3 amide bonds. The summed E-state index contributed by atoms with van der Waals surface area (Å²) in [6, 6.07) is 3.32. The molecule has 0 bridgehead atoms. The molecular weight excluding hydrogens is 284 g/mol. The van der Waals surface area contributed by atoms with E-state index >= 15 is 0 Å². The van der Waals surface area contributed by atoms with Gasteiger partial charge >= 0.3 is 0 Å². The number of likely N-dealkylation sites (tertiary alicyclic amines) is 1. The van der Waals surface area contributed by atoms with Crippen molar-refractivity contribution in [2.24, 2.45) is 5.92 Å². The van der Waals surface area contributed by atoms with Crippen LogP contribution < -0.4 is 10.9 Å². The second kappa shape index (κ2) is 7.63. The number of rotatable bonds is 4. The lowest BCUT2D eigenvalue weighted by Gasteiger charge is -2.32. The van der Waals surface area contributed by atoms with Crippen LogP contribution in [0.1, 0.15) is 43.1 Å². The summed E-state index contributed by atoms with van der Waals surface area (Å²) < 4.78 is 0. The van der Waals surface area contributed by atoms with Crippen molar-refractivity contribution in [3.63, 3.8) is 0 Å². The fourth-order valence-electron chi connectivity index (χ4n) is 2.55. The Morgan fingerprint density at radius 1 is 1.36 bits per heavy atom. The van der Waals surface area contributed by atoms with Crippen LogP contribution >= 0.6 is 0 Å². The van der Waals surface area contributed by atoms with Crippen LogP contribution in [-0.4, -0.2) is 40.7 Å². The molecule has 3 N–H and O–H groups in total. The first kappa shape index (κ1) is 16.1. The van der Waals surface area contributed by atoms with Gasteiger partial charge in [-0.05, 0) is 31.4 Å². The molecule has 0 spiro atoms. The summed E-state index contributed by atoms with van der Waals surface area (Å²) in [4.78, 5) is 40.3. The van der Waals surface area contributed by atoms with Gasteiger partial charge in [0.1, 0.15) is 5.69 Å². The highest BCUT2D eigenvalue weighted by Crippen LogP contribution is 2.17. The summed E-state index contributed by atoms with van der Waals surface area (Å²) in [6.07, 6.45) is 4.48. The molecule has 1 aromatic heterocycles. The Labute approximate surface area is 129 Å². The van der Waals surface area contributed by atoms with Gasteiger partial charge < -0.3 is 9.88 Å². The molecule has 1 aliphatic rings. The second-order valence-electron chi connectivity index (χ2n) is 5.46. The number of nitrogens with zero attached hydrogens (tertiary/aromatic N) is 1. The lowest BCUT2D eigenvalue weighted by molar-refractivity contribution is -0.136. The quantitative estimate of drug-likeness (QED) is 0.719. The Bertz CT molecular complexity index is 527. The van der Waals surface area contributed by atoms with E-state index < -0.39 is 5.91 Å². The molecule has 120 valence electrons. The molecule has 1 saturated heterocycles. The molecule has 0 saturated carbocycles. The fourth-order valence-corrected chi connectivity index (χ4v) is 2.55. The van der Waals surface area contributed by atoms with Crippen molar-refractivity contribution in [3.8, 4) is 0 Å². The minimum absolute atomic E-state index is 0.0930. The van der Waals surface area contributed by atoms with E-state index in [1.807, 2.05) is 6.92 Å². The molecular formula is C15H22N4O3. The van der Waals surface area contributed by atoms with Gasteiger partial charge in [0, 0.05) is 25.7 Å². The Morgan fingerprint density at radius 2 is 2.18 bits per heavy atom. The van der Waals surface area contributed by atoms with Crippen LogP contribution in [-0.2, 0) is 9.59 Å². The van der Waals surface area contributed by atoms with E-state index in [9.17, 15) is 14.4 Å². The SMILES string of the molecule is CCCC(=O)N1CCCC(C(=O)NNC(=O)c2ccc[nH]2)C1. The predicted molar refractivity (Wildman–Crippen MR) is 80.6 cm³/mol. The zero-order chi connectivity index (χ0) is 15.9. The van der Waals surface area contributed by atoms with Gasteiger partial charge in [0.2, 0.25) is 11.8 Å². The van der Waals surface area contributed by atoms with Crippen molar-refractivity contribution in [1.82, 2.24) is 20.7 Å². The lowest BCUT2D eigenvalue weighted by atomic mass is 9.97. The maximum absolute atomic E-state index is 12.1. The van der Waals surface area contributed by atoms with E-state index in [4.69, 9.17) is 0 Å². The smallest absolute Gasteiger partial charge is 0.286 e. The monoisotopic (exact) mass is 306 g/mol. The summed E-state index contributed by atoms with van der Waals surface area (Å²) in [6.45, 7) is 3.09. The minimum Gasteiger partial charge on any atom is -0.357 e. The van der Waals surface area contributed by atoms with Crippen LogP contribution in [0.25, 0.3) is 0 Å². The molecule has 0 aromatic carbocycles. The van der Waals surface area contributed by atoms with Crippen molar-refractivity contribution >= 4 is 17.7 Å². The first-order valence-corrected chi connectivity index (χ1v) is 7.63. The van der Waals surface area contributed by atoms with E-state index in [1.165, 1.54) is 0 Å². The Balaban J connectivity index is 1.81. The van der Waals surface area contributed by atoms with Crippen LogP contribution in [0.5, 0.6) is 0 Å². The molecule has 2 heterocycles. The first-order chi connectivity index (χ1) is 10.6. The maximum atomic E-state index is 12.1. The molecule has 1 unspecified atom stereocenters. The van der Waals surface area contributed by atoms with Crippen LogP contribution in [0.3, 0.4) is 0 Å². The van der Waals surface area contributed by atoms with Crippen molar-refractivity contribution in [3.05, 3.63) is 24.0 Å². The number of H-pyrrole nitrogens is 1. The molecule has 7 heteroatoms. The molecule has 1 aromatic rings. The van der Waals surface area contributed by atoms with E-state index in [-0.39, 0.29) is 17.7 Å². The van der Waals surface area contributed by atoms with E-state index in [1.54, 1.807) is 23.2 Å². The highest BCUT2D eigenvalue weighted by Gasteiger charge is 2.28. The Hall–Kier alpha value is -2.31. The summed E-state index contributed by atoms with van der Waals surface area (Å²) in [5, 5.41) is 0. The number of hydrogen-bond donors (Lipinski definition) is 3. The highest BCUT2D eigenvalue weighted by atomic mass is 16.2. The van der Waals surface area contributed by atoms with Crippen LogP contribution in [0.15, 0.2) is 18.3 Å². The predicted octanol–water partition coefficient (Wildman–Crippen LogP) is 0.814. The van der Waals surface area contributed by atoms with Crippen molar-refractivity contribution in [2.75, 3.05) is 13.1 Å². The Morgan fingerprint density at radius 3 is 2.86 bits per heavy atom. The van der Waals surface area contributed by atoms with E-state index in [2.05, 4.69) is 15.8 Å². The van der Waals surface area contributed by atoms with Gasteiger partial charge in [0.15, 0.2) is 0 Å². The van der Waals surface area contributed by atoms with E-state index in [0.29, 0.717) is 25.2 Å². The molecule has 0 aliphatic carbocycles. The highest BCUT2D eigenvalue weighted by molar-refractivity contribution is 5.94. The number of amides is 3. The Kier molecular flexibility index (Phi) is 5.57. The van der Waals surface area contributed by atoms with Crippen molar-refractivity contribution < 1.29 is 14.4 Å². The molecule has 1 fully saturated rings. The largest absolute Gasteiger partial charge is 0.357 e. The number of hydrogen-bond acceptors (Lipinski definition) is 3. The summed E-state index contributed by atoms with van der Waals surface area (Å²) in [7, 11) is 0. The zero-order valence-corrected chi connectivity index (χ0v) is 12.7. The average Bonchev–Trinajstić information content (AvgIpc) is 3.07. The molecule has 22 heavy (non-hydrogen) atoms. The summed E-state index contributed by atoms with van der Waals surface area (Å²) >= 11 is 0. The molecule has 1 aliphatic heterocycles. The third-order valence-electron chi connectivity index (χ3n) is 3.75. The zero-order valence-electron chi connectivity index (χ0n) is 12.7.